The highest BCUT2D eigenvalue weighted by molar-refractivity contribution is 5.85. The molecule has 0 fully saturated rings. The second-order valence-electron chi connectivity index (χ2n) is 3.36. The molecule has 0 aromatic heterocycles. The largest absolute Gasteiger partial charge is 0.326 e. The van der Waals surface area contributed by atoms with Crippen LogP contribution in [0.1, 0.15) is 18.1 Å². The molecule has 1 rings (SSSR count). The van der Waals surface area contributed by atoms with Gasteiger partial charge in [0.2, 0.25) is 5.91 Å². The zero-order valence-electron chi connectivity index (χ0n) is 9.08. The van der Waals surface area contributed by atoms with Crippen LogP contribution in [0.3, 0.4) is 0 Å². The van der Waals surface area contributed by atoms with Gasteiger partial charge >= 0.3 is 0 Å². The van der Waals surface area contributed by atoms with Crippen molar-refractivity contribution in [1.29, 1.82) is 0 Å². The fourth-order valence-electron chi connectivity index (χ4n) is 1.25. The Hall–Kier alpha value is -1.83. The number of nitrogens with one attached hydrogen (secondary N) is 1. The normalized spacial score (nSPS) is 10.9. The summed E-state index contributed by atoms with van der Waals surface area (Å²) in [5, 5.41) is 2.77. The number of aryl methyl sites for hydroxylation is 1. The van der Waals surface area contributed by atoms with Crippen LogP contribution < -0.4 is 5.32 Å². The first-order valence-electron chi connectivity index (χ1n) is 4.81. The highest BCUT2D eigenvalue weighted by Crippen LogP contribution is 2.12. The van der Waals surface area contributed by atoms with E-state index >= 15 is 0 Å². The summed E-state index contributed by atoms with van der Waals surface area (Å²) in [6.07, 6.45) is 3.44. The Labute approximate surface area is 90.3 Å². The monoisotopic (exact) mass is 201 g/mol. The predicted molar refractivity (Wildman–Crippen MR) is 63.2 cm³/mol. The smallest absolute Gasteiger partial charge is 0.221 e. The number of allylic oxidation sites excluding steroid dienone is 2. The van der Waals surface area contributed by atoms with Crippen molar-refractivity contribution in [2.24, 2.45) is 0 Å². The van der Waals surface area contributed by atoms with Gasteiger partial charge in [-0.2, -0.15) is 0 Å². The number of benzene rings is 1. The molecule has 0 saturated carbocycles. The Morgan fingerprint density at radius 2 is 1.93 bits per heavy atom. The maximum absolute atomic E-state index is 11.0. The molecule has 0 saturated heterocycles. The molecule has 2 nitrogen and oxygen atoms in total. The quantitative estimate of drug-likeness (QED) is 0.748. The maximum Gasteiger partial charge on any atom is 0.221 e. The third-order valence-corrected chi connectivity index (χ3v) is 1.96. The van der Waals surface area contributed by atoms with Crippen LogP contribution in [-0.2, 0) is 4.79 Å². The van der Waals surface area contributed by atoms with Crippen LogP contribution in [0.25, 0.3) is 5.70 Å². The van der Waals surface area contributed by atoms with Crippen LogP contribution in [0, 0.1) is 6.92 Å². The van der Waals surface area contributed by atoms with Gasteiger partial charge in [0.05, 0.1) is 0 Å². The minimum absolute atomic E-state index is 0.0799. The SMILES string of the molecule is C=CC=C(NC(C)=O)c1ccc(C)cc1. The molecule has 0 heterocycles. The molecule has 0 aliphatic rings. The topological polar surface area (TPSA) is 29.1 Å². The molecule has 15 heavy (non-hydrogen) atoms. The minimum Gasteiger partial charge on any atom is -0.326 e. The van der Waals surface area contributed by atoms with E-state index in [1.165, 1.54) is 12.5 Å². The van der Waals surface area contributed by atoms with E-state index < -0.39 is 0 Å². The summed E-state index contributed by atoms with van der Waals surface area (Å²) < 4.78 is 0. The van der Waals surface area contributed by atoms with Crippen LogP contribution in [0.4, 0.5) is 0 Å². The van der Waals surface area contributed by atoms with Gasteiger partial charge in [-0.1, -0.05) is 42.5 Å². The minimum atomic E-state index is -0.0799. The molecule has 0 aliphatic carbocycles. The summed E-state index contributed by atoms with van der Waals surface area (Å²) in [7, 11) is 0. The standard InChI is InChI=1S/C13H15NO/c1-4-5-13(14-11(3)15)12-8-6-10(2)7-9-12/h4-9H,1H2,2-3H3,(H,14,15). The van der Waals surface area contributed by atoms with Gasteiger partial charge in [-0.3, -0.25) is 4.79 Å². The van der Waals surface area contributed by atoms with Crippen molar-refractivity contribution in [3.63, 3.8) is 0 Å². The first-order valence-corrected chi connectivity index (χ1v) is 4.81. The van der Waals surface area contributed by atoms with Crippen molar-refractivity contribution >= 4 is 11.6 Å². The first kappa shape index (κ1) is 11.2. The number of carbonyl (C=O) groups excluding carboxylic acids is 1. The second kappa shape index (κ2) is 5.15. The lowest BCUT2D eigenvalue weighted by atomic mass is 10.1. The molecule has 0 aliphatic heterocycles. The van der Waals surface area contributed by atoms with Gasteiger partial charge in [-0.25, -0.2) is 0 Å². The predicted octanol–water partition coefficient (Wildman–Crippen LogP) is 2.66. The van der Waals surface area contributed by atoms with Gasteiger partial charge in [0.1, 0.15) is 0 Å². The third-order valence-electron chi connectivity index (χ3n) is 1.96. The average Bonchev–Trinajstić information content (AvgIpc) is 2.17. The van der Waals surface area contributed by atoms with E-state index in [-0.39, 0.29) is 5.91 Å². The van der Waals surface area contributed by atoms with Crippen molar-refractivity contribution in [3.05, 3.63) is 54.1 Å². The lowest BCUT2D eigenvalue weighted by Crippen LogP contribution is -2.17. The number of amides is 1. The molecule has 1 aromatic carbocycles. The number of carbonyl (C=O) groups is 1. The van der Waals surface area contributed by atoms with Gasteiger partial charge in [0, 0.05) is 12.6 Å². The van der Waals surface area contributed by atoms with Crippen molar-refractivity contribution in [1.82, 2.24) is 5.32 Å². The van der Waals surface area contributed by atoms with Crippen molar-refractivity contribution in [3.8, 4) is 0 Å². The molecule has 0 spiro atoms. The average molecular weight is 201 g/mol. The van der Waals surface area contributed by atoms with Crippen molar-refractivity contribution in [2.45, 2.75) is 13.8 Å². The maximum atomic E-state index is 11.0. The summed E-state index contributed by atoms with van der Waals surface area (Å²) >= 11 is 0. The Morgan fingerprint density at radius 3 is 2.40 bits per heavy atom. The highest BCUT2D eigenvalue weighted by Gasteiger charge is 2.01. The van der Waals surface area contributed by atoms with Crippen LogP contribution in [0.2, 0.25) is 0 Å². The molecular weight excluding hydrogens is 186 g/mol. The molecule has 1 N–H and O–H groups in total. The fourth-order valence-corrected chi connectivity index (χ4v) is 1.25. The Bertz CT molecular complexity index is 388. The Morgan fingerprint density at radius 1 is 1.33 bits per heavy atom. The van der Waals surface area contributed by atoms with E-state index in [1.807, 2.05) is 31.2 Å². The summed E-state index contributed by atoms with van der Waals surface area (Å²) in [5.41, 5.74) is 2.95. The van der Waals surface area contributed by atoms with E-state index in [1.54, 1.807) is 12.2 Å². The van der Waals surface area contributed by atoms with E-state index in [4.69, 9.17) is 0 Å². The van der Waals surface area contributed by atoms with Gasteiger partial charge in [0.25, 0.3) is 0 Å². The van der Waals surface area contributed by atoms with E-state index in [0.29, 0.717) is 0 Å². The van der Waals surface area contributed by atoms with Crippen LogP contribution >= 0.6 is 0 Å². The Balaban J connectivity index is 2.99. The first-order chi connectivity index (χ1) is 7.13. The molecule has 1 aromatic rings. The summed E-state index contributed by atoms with van der Waals surface area (Å²) in [4.78, 5) is 11.0. The number of hydrogen-bond donors (Lipinski definition) is 1. The van der Waals surface area contributed by atoms with Gasteiger partial charge in [-0.05, 0) is 18.6 Å². The van der Waals surface area contributed by atoms with Crippen LogP contribution in [-0.4, -0.2) is 5.91 Å². The lowest BCUT2D eigenvalue weighted by molar-refractivity contribution is -0.117. The Kier molecular flexibility index (Phi) is 3.86. The van der Waals surface area contributed by atoms with Gasteiger partial charge < -0.3 is 5.32 Å². The zero-order chi connectivity index (χ0) is 11.3. The van der Waals surface area contributed by atoms with Crippen LogP contribution in [0.15, 0.2) is 43.0 Å². The van der Waals surface area contributed by atoms with Crippen molar-refractivity contribution in [2.75, 3.05) is 0 Å². The van der Waals surface area contributed by atoms with E-state index in [0.717, 1.165) is 11.3 Å². The fraction of sp³-hybridized carbons (Fsp3) is 0.154. The van der Waals surface area contributed by atoms with Gasteiger partial charge in [0.15, 0.2) is 0 Å². The van der Waals surface area contributed by atoms with E-state index in [9.17, 15) is 4.79 Å². The zero-order valence-corrected chi connectivity index (χ0v) is 9.08. The number of rotatable bonds is 3. The molecule has 0 atom stereocenters. The molecule has 0 radical (unpaired) electrons. The molecule has 0 unspecified atom stereocenters. The summed E-state index contributed by atoms with van der Waals surface area (Å²) in [6.45, 7) is 7.14. The lowest BCUT2D eigenvalue weighted by Gasteiger charge is -2.07. The summed E-state index contributed by atoms with van der Waals surface area (Å²) in [6, 6.07) is 7.96. The number of hydrogen-bond acceptors (Lipinski definition) is 1. The molecular formula is C13H15NO. The molecule has 2 heteroatoms. The van der Waals surface area contributed by atoms with Crippen LogP contribution in [0.5, 0.6) is 0 Å². The second-order valence-corrected chi connectivity index (χ2v) is 3.36. The molecule has 1 amide bonds. The highest BCUT2D eigenvalue weighted by atomic mass is 16.1. The summed E-state index contributed by atoms with van der Waals surface area (Å²) in [5.74, 6) is -0.0799. The molecule has 78 valence electrons. The van der Waals surface area contributed by atoms with Crippen molar-refractivity contribution < 1.29 is 4.79 Å². The van der Waals surface area contributed by atoms with E-state index in [2.05, 4.69) is 11.9 Å². The third kappa shape index (κ3) is 3.43. The van der Waals surface area contributed by atoms with Gasteiger partial charge in [-0.15, -0.1) is 0 Å². The molecule has 0 bridgehead atoms.